The van der Waals surface area contributed by atoms with Crippen molar-refractivity contribution in [3.63, 3.8) is 0 Å². The van der Waals surface area contributed by atoms with Crippen LogP contribution in [0.25, 0.3) is 0 Å². The summed E-state index contributed by atoms with van der Waals surface area (Å²) in [6, 6.07) is -1.06. The van der Waals surface area contributed by atoms with Gasteiger partial charge >= 0.3 is 5.97 Å². The van der Waals surface area contributed by atoms with Gasteiger partial charge in [-0.3, -0.25) is 14.5 Å². The molecule has 134 valence electrons. The SMILES string of the molecule is COC(=O)C(C)(C)NC(=O)C(CC(C)C)NC(=O)C(C)N(C)C. The molecular formula is C16H31N3O4. The Labute approximate surface area is 139 Å². The van der Waals surface area contributed by atoms with Gasteiger partial charge in [0, 0.05) is 0 Å². The highest BCUT2D eigenvalue weighted by molar-refractivity contribution is 5.93. The summed E-state index contributed by atoms with van der Waals surface area (Å²) in [4.78, 5) is 38.2. The van der Waals surface area contributed by atoms with Gasteiger partial charge in [-0.1, -0.05) is 13.8 Å². The summed E-state index contributed by atoms with van der Waals surface area (Å²) in [6.45, 7) is 8.82. The van der Waals surface area contributed by atoms with Gasteiger partial charge in [-0.2, -0.15) is 0 Å². The highest BCUT2D eigenvalue weighted by atomic mass is 16.5. The number of hydrogen-bond donors (Lipinski definition) is 2. The first-order valence-corrected chi connectivity index (χ1v) is 7.79. The quantitative estimate of drug-likeness (QED) is 0.635. The molecule has 0 aliphatic rings. The monoisotopic (exact) mass is 329 g/mol. The van der Waals surface area contributed by atoms with E-state index in [-0.39, 0.29) is 17.9 Å². The van der Waals surface area contributed by atoms with Crippen molar-refractivity contribution in [1.29, 1.82) is 0 Å². The molecule has 0 fully saturated rings. The third-order valence-corrected chi connectivity index (χ3v) is 3.63. The number of nitrogens with zero attached hydrogens (tertiary/aromatic N) is 1. The van der Waals surface area contributed by atoms with E-state index in [0.29, 0.717) is 6.42 Å². The van der Waals surface area contributed by atoms with E-state index < -0.39 is 23.5 Å². The number of ether oxygens (including phenoxy) is 1. The van der Waals surface area contributed by atoms with Crippen molar-refractivity contribution in [2.24, 2.45) is 5.92 Å². The molecule has 7 heteroatoms. The van der Waals surface area contributed by atoms with Gasteiger partial charge < -0.3 is 15.4 Å². The van der Waals surface area contributed by atoms with Gasteiger partial charge in [0.2, 0.25) is 11.8 Å². The van der Waals surface area contributed by atoms with Crippen molar-refractivity contribution < 1.29 is 19.1 Å². The minimum absolute atomic E-state index is 0.210. The van der Waals surface area contributed by atoms with Crippen LogP contribution >= 0.6 is 0 Å². The van der Waals surface area contributed by atoms with Gasteiger partial charge in [0.05, 0.1) is 13.2 Å². The second kappa shape index (κ2) is 8.86. The largest absolute Gasteiger partial charge is 0.467 e. The number of methoxy groups -OCH3 is 1. The van der Waals surface area contributed by atoms with Crippen LogP contribution in [0.5, 0.6) is 0 Å². The maximum atomic E-state index is 12.5. The van der Waals surface area contributed by atoms with Crippen molar-refractivity contribution in [3.8, 4) is 0 Å². The van der Waals surface area contributed by atoms with Crippen LogP contribution in [-0.2, 0) is 19.1 Å². The Balaban J connectivity index is 5.07. The second-order valence-corrected chi connectivity index (χ2v) is 6.94. The second-order valence-electron chi connectivity index (χ2n) is 6.94. The number of hydrogen-bond acceptors (Lipinski definition) is 5. The van der Waals surface area contributed by atoms with Crippen LogP contribution < -0.4 is 10.6 Å². The van der Waals surface area contributed by atoms with Crippen LogP contribution in [0.2, 0.25) is 0 Å². The zero-order valence-corrected chi connectivity index (χ0v) is 15.5. The van der Waals surface area contributed by atoms with Crippen LogP contribution in [-0.4, -0.2) is 61.5 Å². The number of carbonyl (C=O) groups excluding carboxylic acids is 3. The average molecular weight is 329 g/mol. The molecule has 0 radical (unpaired) electrons. The number of esters is 1. The van der Waals surface area contributed by atoms with Crippen LogP contribution in [0.4, 0.5) is 0 Å². The lowest BCUT2D eigenvalue weighted by atomic mass is 10.00. The molecule has 0 aliphatic heterocycles. The van der Waals surface area contributed by atoms with Crippen molar-refractivity contribution in [2.75, 3.05) is 21.2 Å². The molecule has 0 bridgehead atoms. The van der Waals surface area contributed by atoms with Gasteiger partial charge in [0.25, 0.3) is 0 Å². The van der Waals surface area contributed by atoms with Gasteiger partial charge in [0.1, 0.15) is 11.6 Å². The van der Waals surface area contributed by atoms with E-state index in [1.54, 1.807) is 39.8 Å². The Morgan fingerprint density at radius 3 is 2.00 bits per heavy atom. The molecule has 2 atom stereocenters. The highest BCUT2D eigenvalue weighted by Gasteiger charge is 2.34. The molecule has 0 rings (SSSR count). The van der Waals surface area contributed by atoms with Crippen molar-refractivity contribution in [1.82, 2.24) is 15.5 Å². The molecule has 0 aromatic heterocycles. The topological polar surface area (TPSA) is 87.7 Å². The number of amides is 2. The van der Waals surface area contributed by atoms with E-state index in [2.05, 4.69) is 15.4 Å². The molecule has 2 unspecified atom stereocenters. The molecule has 7 nitrogen and oxygen atoms in total. The van der Waals surface area contributed by atoms with Gasteiger partial charge in [-0.15, -0.1) is 0 Å². The standard InChI is InChI=1S/C16H31N3O4/c1-10(2)9-12(17-13(20)11(3)19(6)7)14(21)18-16(4,5)15(22)23-8/h10-12H,9H2,1-8H3,(H,17,20)(H,18,21). The van der Waals surface area contributed by atoms with E-state index in [0.717, 1.165) is 0 Å². The lowest BCUT2D eigenvalue weighted by Crippen LogP contribution is -2.58. The van der Waals surface area contributed by atoms with E-state index in [1.165, 1.54) is 7.11 Å². The number of likely N-dealkylation sites (N-methyl/N-ethyl adjacent to an activating group) is 1. The molecule has 0 spiro atoms. The van der Waals surface area contributed by atoms with Crippen molar-refractivity contribution in [2.45, 2.75) is 58.7 Å². The van der Waals surface area contributed by atoms with Gasteiger partial charge in [-0.05, 0) is 47.2 Å². The number of carbonyl (C=O) groups is 3. The third kappa shape index (κ3) is 6.99. The number of nitrogens with one attached hydrogen (secondary N) is 2. The zero-order valence-electron chi connectivity index (χ0n) is 15.5. The first-order chi connectivity index (χ1) is 10.4. The van der Waals surface area contributed by atoms with Crippen LogP contribution in [0, 0.1) is 5.92 Å². The molecule has 0 aromatic carbocycles. The Morgan fingerprint density at radius 2 is 1.61 bits per heavy atom. The fraction of sp³-hybridized carbons (Fsp3) is 0.812. The average Bonchev–Trinajstić information content (AvgIpc) is 2.43. The summed E-state index contributed by atoms with van der Waals surface area (Å²) in [5, 5.41) is 5.41. The summed E-state index contributed by atoms with van der Waals surface area (Å²) < 4.78 is 4.68. The molecule has 0 saturated carbocycles. The first-order valence-electron chi connectivity index (χ1n) is 7.79. The molecular weight excluding hydrogens is 298 g/mol. The molecule has 23 heavy (non-hydrogen) atoms. The maximum absolute atomic E-state index is 12.5. The Morgan fingerprint density at radius 1 is 1.09 bits per heavy atom. The lowest BCUT2D eigenvalue weighted by Gasteiger charge is -2.29. The normalized spacial score (nSPS) is 14.3. The fourth-order valence-corrected chi connectivity index (χ4v) is 1.93. The predicted octanol–water partition coefficient (Wildman–Crippen LogP) is 0.535. The highest BCUT2D eigenvalue weighted by Crippen LogP contribution is 2.10. The first kappa shape index (κ1) is 21.4. The summed E-state index contributed by atoms with van der Waals surface area (Å²) in [5.74, 6) is -0.954. The van der Waals surface area contributed by atoms with Crippen molar-refractivity contribution >= 4 is 17.8 Å². The summed E-state index contributed by atoms with van der Waals surface area (Å²) in [5.41, 5.74) is -1.15. The van der Waals surface area contributed by atoms with Gasteiger partial charge in [-0.25, -0.2) is 4.79 Å². The maximum Gasteiger partial charge on any atom is 0.330 e. The molecule has 2 amide bonds. The molecule has 0 saturated heterocycles. The summed E-state index contributed by atoms with van der Waals surface area (Å²) in [6.07, 6.45) is 0.481. The van der Waals surface area contributed by atoms with Gasteiger partial charge in [0.15, 0.2) is 0 Å². The fourth-order valence-electron chi connectivity index (χ4n) is 1.93. The van der Waals surface area contributed by atoms with Crippen molar-refractivity contribution in [3.05, 3.63) is 0 Å². The Hall–Kier alpha value is -1.63. The van der Waals surface area contributed by atoms with Crippen LogP contribution in [0.1, 0.15) is 41.0 Å². The summed E-state index contributed by atoms with van der Waals surface area (Å²) in [7, 11) is 4.85. The molecule has 0 aromatic rings. The van der Waals surface area contributed by atoms with E-state index in [1.807, 2.05) is 13.8 Å². The third-order valence-electron chi connectivity index (χ3n) is 3.63. The predicted molar refractivity (Wildman–Crippen MR) is 88.8 cm³/mol. The summed E-state index contributed by atoms with van der Waals surface area (Å²) >= 11 is 0. The zero-order chi connectivity index (χ0) is 18.4. The van der Waals surface area contributed by atoms with E-state index in [9.17, 15) is 14.4 Å². The van der Waals surface area contributed by atoms with E-state index >= 15 is 0 Å². The molecule has 0 aliphatic carbocycles. The van der Waals surface area contributed by atoms with Crippen LogP contribution in [0.3, 0.4) is 0 Å². The van der Waals surface area contributed by atoms with Crippen LogP contribution in [0.15, 0.2) is 0 Å². The lowest BCUT2D eigenvalue weighted by molar-refractivity contribution is -0.149. The molecule has 2 N–H and O–H groups in total. The van der Waals surface area contributed by atoms with E-state index in [4.69, 9.17) is 0 Å². The molecule has 0 heterocycles. The Bertz CT molecular complexity index is 433. The minimum Gasteiger partial charge on any atom is -0.467 e. The smallest absolute Gasteiger partial charge is 0.330 e. The number of rotatable bonds is 8. The Kier molecular flexibility index (Phi) is 8.23. The minimum atomic E-state index is -1.15.